The van der Waals surface area contributed by atoms with E-state index in [9.17, 15) is 13.2 Å². The van der Waals surface area contributed by atoms with Crippen LogP contribution in [0, 0.1) is 0 Å². The van der Waals surface area contributed by atoms with Crippen molar-refractivity contribution in [3.63, 3.8) is 0 Å². The third kappa shape index (κ3) is 2.82. The third-order valence-electron chi connectivity index (χ3n) is 2.12. The van der Waals surface area contributed by atoms with Crippen molar-refractivity contribution in [2.45, 2.75) is 0 Å². The van der Waals surface area contributed by atoms with Gasteiger partial charge in [-0.15, -0.1) is 0 Å². The van der Waals surface area contributed by atoms with Gasteiger partial charge in [0.2, 0.25) is 5.91 Å². The second kappa shape index (κ2) is 4.17. The van der Waals surface area contributed by atoms with Crippen LogP contribution in [-0.2, 0) is 14.6 Å². The molecule has 0 fully saturated rings. The van der Waals surface area contributed by atoms with Gasteiger partial charge in [0.25, 0.3) is 0 Å². The highest BCUT2D eigenvalue weighted by Gasteiger charge is 2.13. The van der Waals surface area contributed by atoms with Crippen molar-refractivity contribution < 1.29 is 13.2 Å². The van der Waals surface area contributed by atoms with Crippen molar-refractivity contribution in [3.8, 4) is 0 Å². The van der Waals surface area contributed by atoms with E-state index in [2.05, 4.69) is 15.5 Å². The predicted octanol–water partition coefficient (Wildman–Crippen LogP) is 0.546. The number of para-hydroxylation sites is 1. The van der Waals surface area contributed by atoms with Gasteiger partial charge >= 0.3 is 0 Å². The molecule has 1 aromatic heterocycles. The van der Waals surface area contributed by atoms with Crippen LogP contribution in [0.5, 0.6) is 0 Å². The summed E-state index contributed by atoms with van der Waals surface area (Å²) in [6.45, 7) is 0. The van der Waals surface area contributed by atoms with Crippen LogP contribution in [0.25, 0.3) is 10.9 Å². The normalized spacial score (nSPS) is 11.6. The lowest BCUT2D eigenvalue weighted by atomic mass is 10.2. The van der Waals surface area contributed by atoms with Crippen LogP contribution in [0.2, 0.25) is 0 Å². The maximum atomic E-state index is 11.4. The van der Waals surface area contributed by atoms with Crippen molar-refractivity contribution in [1.82, 2.24) is 10.2 Å². The number of anilines is 1. The molecule has 90 valence electrons. The Labute approximate surface area is 97.9 Å². The van der Waals surface area contributed by atoms with Gasteiger partial charge in [-0.25, -0.2) is 8.42 Å². The summed E-state index contributed by atoms with van der Waals surface area (Å²) in [5.41, 5.74) is 0.780. The Bertz CT molecular complexity index is 660. The number of H-pyrrole nitrogens is 1. The molecule has 2 N–H and O–H groups in total. The molecule has 0 spiro atoms. The van der Waals surface area contributed by atoms with Gasteiger partial charge in [-0.1, -0.05) is 12.1 Å². The highest BCUT2D eigenvalue weighted by molar-refractivity contribution is 7.91. The Morgan fingerprint density at radius 3 is 2.82 bits per heavy atom. The number of nitrogens with zero attached hydrogens (tertiary/aromatic N) is 1. The zero-order chi connectivity index (χ0) is 12.5. The summed E-state index contributed by atoms with van der Waals surface area (Å²) >= 11 is 0. The molecule has 2 rings (SSSR count). The smallest absolute Gasteiger partial charge is 0.240 e. The van der Waals surface area contributed by atoms with Crippen molar-refractivity contribution in [3.05, 3.63) is 24.3 Å². The average molecular weight is 253 g/mol. The lowest BCUT2D eigenvalue weighted by molar-refractivity contribution is -0.113. The fourth-order valence-electron chi connectivity index (χ4n) is 1.47. The van der Waals surface area contributed by atoms with Crippen molar-refractivity contribution >= 4 is 32.5 Å². The number of carbonyl (C=O) groups excluding carboxylic acids is 1. The van der Waals surface area contributed by atoms with Gasteiger partial charge < -0.3 is 5.32 Å². The van der Waals surface area contributed by atoms with E-state index in [1.807, 2.05) is 18.2 Å². The van der Waals surface area contributed by atoms with Gasteiger partial charge in [0.1, 0.15) is 5.75 Å². The van der Waals surface area contributed by atoms with E-state index in [-0.39, 0.29) is 0 Å². The van der Waals surface area contributed by atoms with E-state index in [0.29, 0.717) is 5.82 Å². The Morgan fingerprint density at radius 2 is 2.12 bits per heavy atom. The maximum absolute atomic E-state index is 11.4. The molecular weight excluding hydrogens is 242 g/mol. The minimum atomic E-state index is -3.33. The van der Waals surface area contributed by atoms with Gasteiger partial charge in [0.15, 0.2) is 15.7 Å². The highest BCUT2D eigenvalue weighted by Crippen LogP contribution is 2.19. The van der Waals surface area contributed by atoms with Crippen molar-refractivity contribution in [2.24, 2.45) is 0 Å². The number of carbonyl (C=O) groups is 1. The maximum Gasteiger partial charge on any atom is 0.240 e. The largest absolute Gasteiger partial charge is 0.308 e. The molecule has 0 radical (unpaired) electrons. The first-order valence-electron chi connectivity index (χ1n) is 4.86. The number of amides is 1. The molecule has 2 aromatic rings. The molecule has 1 amide bonds. The fourth-order valence-corrected chi connectivity index (χ4v) is 2.01. The second-order valence-electron chi connectivity index (χ2n) is 3.74. The number of hydrogen-bond acceptors (Lipinski definition) is 4. The van der Waals surface area contributed by atoms with Crippen LogP contribution < -0.4 is 5.32 Å². The van der Waals surface area contributed by atoms with Crippen LogP contribution in [-0.4, -0.2) is 36.5 Å². The molecule has 0 aliphatic carbocycles. The molecule has 6 nitrogen and oxygen atoms in total. The number of aromatic nitrogens is 2. The summed E-state index contributed by atoms with van der Waals surface area (Å²) in [6, 6.07) is 7.25. The molecular formula is C10H11N3O3S. The molecule has 1 aromatic carbocycles. The van der Waals surface area contributed by atoms with Crippen molar-refractivity contribution in [2.75, 3.05) is 17.3 Å². The summed E-state index contributed by atoms with van der Waals surface area (Å²) in [7, 11) is -3.33. The monoisotopic (exact) mass is 253 g/mol. The molecule has 0 saturated heterocycles. The number of hydrogen-bond donors (Lipinski definition) is 2. The lowest BCUT2D eigenvalue weighted by Gasteiger charge is -2.00. The average Bonchev–Trinajstić information content (AvgIpc) is 2.59. The van der Waals surface area contributed by atoms with E-state index in [1.165, 1.54) is 0 Å². The van der Waals surface area contributed by atoms with Crippen molar-refractivity contribution in [1.29, 1.82) is 0 Å². The predicted molar refractivity (Wildman–Crippen MR) is 64.4 cm³/mol. The third-order valence-corrected chi connectivity index (χ3v) is 2.91. The molecule has 0 aliphatic rings. The van der Waals surface area contributed by atoms with E-state index < -0.39 is 21.5 Å². The van der Waals surface area contributed by atoms with Gasteiger partial charge in [0, 0.05) is 11.6 Å². The SMILES string of the molecule is CS(=O)(=O)CC(=O)Nc1n[nH]c2ccccc12. The van der Waals surface area contributed by atoms with Gasteiger partial charge in [-0.3, -0.25) is 9.89 Å². The zero-order valence-corrected chi connectivity index (χ0v) is 9.91. The minimum Gasteiger partial charge on any atom is -0.308 e. The first kappa shape index (κ1) is 11.6. The molecule has 0 saturated carbocycles. The molecule has 0 bridgehead atoms. The Morgan fingerprint density at radius 1 is 1.41 bits per heavy atom. The quantitative estimate of drug-likeness (QED) is 0.835. The van der Waals surface area contributed by atoms with Crippen LogP contribution in [0.3, 0.4) is 0 Å². The molecule has 0 aliphatic heterocycles. The first-order chi connectivity index (χ1) is 7.96. The van der Waals surface area contributed by atoms with Gasteiger partial charge in [-0.2, -0.15) is 5.10 Å². The summed E-state index contributed by atoms with van der Waals surface area (Å²) in [5, 5.41) is 9.86. The number of sulfone groups is 1. The topological polar surface area (TPSA) is 91.9 Å². The van der Waals surface area contributed by atoms with E-state index >= 15 is 0 Å². The molecule has 1 heterocycles. The molecule has 0 atom stereocenters. The number of rotatable bonds is 3. The second-order valence-corrected chi connectivity index (χ2v) is 5.88. The number of nitrogens with one attached hydrogen (secondary N) is 2. The standard InChI is InChI=1S/C10H11N3O3S/c1-17(15,16)6-9(14)11-10-7-4-2-3-5-8(7)12-13-10/h2-5H,6H2,1H3,(H2,11,12,13,14). The molecule has 0 unspecified atom stereocenters. The number of fused-ring (bicyclic) bond motifs is 1. The zero-order valence-electron chi connectivity index (χ0n) is 9.10. The summed E-state index contributed by atoms with van der Waals surface area (Å²) < 4.78 is 21.9. The van der Waals surface area contributed by atoms with Crippen LogP contribution in [0.4, 0.5) is 5.82 Å². The van der Waals surface area contributed by atoms with Crippen LogP contribution in [0.1, 0.15) is 0 Å². The summed E-state index contributed by atoms with van der Waals surface area (Å²) in [4.78, 5) is 11.4. The fraction of sp³-hybridized carbons (Fsp3) is 0.200. The highest BCUT2D eigenvalue weighted by atomic mass is 32.2. The van der Waals surface area contributed by atoms with Gasteiger partial charge in [0.05, 0.1) is 5.52 Å². The summed E-state index contributed by atoms with van der Waals surface area (Å²) in [5.74, 6) is -0.798. The Balaban J connectivity index is 2.22. The van der Waals surface area contributed by atoms with E-state index in [4.69, 9.17) is 0 Å². The summed E-state index contributed by atoms with van der Waals surface area (Å²) in [6.07, 6.45) is 1.01. The lowest BCUT2D eigenvalue weighted by Crippen LogP contribution is -2.22. The Kier molecular flexibility index (Phi) is 2.84. The van der Waals surface area contributed by atoms with Crippen LogP contribution in [0.15, 0.2) is 24.3 Å². The molecule has 7 heteroatoms. The first-order valence-corrected chi connectivity index (χ1v) is 6.92. The molecule has 17 heavy (non-hydrogen) atoms. The number of aromatic amines is 1. The minimum absolute atomic E-state index is 0.342. The number of benzene rings is 1. The van der Waals surface area contributed by atoms with E-state index in [1.54, 1.807) is 6.07 Å². The van der Waals surface area contributed by atoms with Crippen LogP contribution >= 0.6 is 0 Å². The van der Waals surface area contributed by atoms with E-state index in [0.717, 1.165) is 17.2 Å². The van der Waals surface area contributed by atoms with Gasteiger partial charge in [-0.05, 0) is 12.1 Å². The Hall–Kier alpha value is -1.89.